The van der Waals surface area contributed by atoms with Crippen LogP contribution in [0.1, 0.15) is 25.3 Å². The van der Waals surface area contributed by atoms with Crippen molar-refractivity contribution >= 4 is 5.91 Å². The van der Waals surface area contributed by atoms with Gasteiger partial charge in [0.1, 0.15) is 0 Å². The fourth-order valence-corrected chi connectivity index (χ4v) is 4.67. The average molecular weight is 420 g/mol. The average Bonchev–Trinajstić information content (AvgIpc) is 2.95. The van der Waals surface area contributed by atoms with Crippen molar-refractivity contribution in [3.8, 4) is 11.1 Å². The molecule has 0 spiro atoms. The molecule has 5 nitrogen and oxygen atoms in total. The molecule has 164 valence electrons. The number of amides is 1. The summed E-state index contributed by atoms with van der Waals surface area (Å²) in [6.45, 7) is 7.93. The Kier molecular flexibility index (Phi) is 7.49. The van der Waals surface area contributed by atoms with E-state index in [-0.39, 0.29) is 5.92 Å². The van der Waals surface area contributed by atoms with Crippen LogP contribution in [0.5, 0.6) is 0 Å². The number of ether oxygens (including phenoxy) is 1. The number of benzene rings is 1. The molecule has 1 aromatic heterocycles. The smallest absolute Gasteiger partial charge is 0.227 e. The molecule has 3 heterocycles. The molecular formula is C26H33N3O2. The van der Waals surface area contributed by atoms with Gasteiger partial charge in [-0.1, -0.05) is 43.3 Å². The van der Waals surface area contributed by atoms with E-state index in [9.17, 15) is 4.79 Å². The predicted molar refractivity (Wildman–Crippen MR) is 124 cm³/mol. The lowest BCUT2D eigenvalue weighted by atomic mass is 9.91. The zero-order chi connectivity index (χ0) is 21.5. The molecule has 2 aromatic rings. The quantitative estimate of drug-likeness (QED) is 0.641. The molecule has 31 heavy (non-hydrogen) atoms. The molecule has 2 aliphatic rings. The van der Waals surface area contributed by atoms with Crippen LogP contribution in [-0.4, -0.2) is 66.6 Å². The summed E-state index contributed by atoms with van der Waals surface area (Å²) in [6, 6.07) is 12.5. The number of carbonyl (C=O) groups is 1. The van der Waals surface area contributed by atoms with Gasteiger partial charge in [0.2, 0.25) is 5.91 Å². The van der Waals surface area contributed by atoms with Gasteiger partial charge in [-0.2, -0.15) is 0 Å². The number of hydrogen-bond acceptors (Lipinski definition) is 4. The first-order chi connectivity index (χ1) is 15.2. The van der Waals surface area contributed by atoms with Crippen LogP contribution in [0.25, 0.3) is 11.1 Å². The van der Waals surface area contributed by atoms with Crippen LogP contribution in [0, 0.1) is 5.92 Å². The van der Waals surface area contributed by atoms with E-state index < -0.39 is 0 Å². The van der Waals surface area contributed by atoms with Gasteiger partial charge < -0.3 is 9.64 Å². The van der Waals surface area contributed by atoms with Crippen molar-refractivity contribution in [2.24, 2.45) is 5.92 Å². The Morgan fingerprint density at radius 2 is 2.06 bits per heavy atom. The van der Waals surface area contributed by atoms with Crippen molar-refractivity contribution in [2.45, 2.75) is 26.2 Å². The van der Waals surface area contributed by atoms with E-state index in [2.05, 4.69) is 58.1 Å². The zero-order valence-electron chi connectivity index (χ0n) is 18.5. The maximum atomic E-state index is 13.5. The SMILES string of the molecule is CCCN1CCN(CC2=CCCOC2)CC(Cc2ccccc2-c2cccnc2)C1=O. The Morgan fingerprint density at radius 3 is 2.84 bits per heavy atom. The van der Waals surface area contributed by atoms with Crippen molar-refractivity contribution in [1.82, 2.24) is 14.8 Å². The van der Waals surface area contributed by atoms with Gasteiger partial charge in [-0.3, -0.25) is 14.7 Å². The molecule has 1 amide bonds. The second-order valence-electron chi connectivity index (χ2n) is 8.56. The van der Waals surface area contributed by atoms with E-state index in [4.69, 9.17) is 4.74 Å². The lowest BCUT2D eigenvalue weighted by Crippen LogP contribution is -2.38. The van der Waals surface area contributed by atoms with Gasteiger partial charge in [-0.25, -0.2) is 0 Å². The van der Waals surface area contributed by atoms with Crippen LogP contribution < -0.4 is 0 Å². The van der Waals surface area contributed by atoms with Crippen LogP contribution in [0.3, 0.4) is 0 Å². The normalized spacial score (nSPS) is 20.4. The van der Waals surface area contributed by atoms with Crippen molar-refractivity contribution in [2.75, 3.05) is 45.9 Å². The van der Waals surface area contributed by atoms with Gasteiger partial charge in [-0.05, 0) is 42.0 Å². The second-order valence-corrected chi connectivity index (χ2v) is 8.56. The van der Waals surface area contributed by atoms with E-state index in [0.29, 0.717) is 5.91 Å². The number of aromatic nitrogens is 1. The Bertz CT molecular complexity index is 897. The molecule has 0 radical (unpaired) electrons. The van der Waals surface area contributed by atoms with Crippen LogP contribution in [0.15, 0.2) is 60.4 Å². The minimum atomic E-state index is -0.0445. The van der Waals surface area contributed by atoms with Gasteiger partial charge in [0.15, 0.2) is 0 Å². The molecule has 5 heteroatoms. The summed E-state index contributed by atoms with van der Waals surface area (Å²) >= 11 is 0. The lowest BCUT2D eigenvalue weighted by Gasteiger charge is -2.26. The van der Waals surface area contributed by atoms with Crippen molar-refractivity contribution in [3.63, 3.8) is 0 Å². The largest absolute Gasteiger partial charge is 0.377 e. The van der Waals surface area contributed by atoms with Gasteiger partial charge in [-0.15, -0.1) is 0 Å². The molecule has 0 aliphatic carbocycles. The molecule has 1 fully saturated rings. The van der Waals surface area contributed by atoms with Gasteiger partial charge in [0, 0.05) is 50.7 Å². The van der Waals surface area contributed by atoms with Crippen LogP contribution in [0.4, 0.5) is 0 Å². The minimum Gasteiger partial charge on any atom is -0.377 e. The summed E-state index contributed by atoms with van der Waals surface area (Å²) in [5.41, 5.74) is 4.83. The topological polar surface area (TPSA) is 45.7 Å². The molecule has 0 N–H and O–H groups in total. The third-order valence-electron chi connectivity index (χ3n) is 6.18. The molecular weight excluding hydrogens is 386 g/mol. The number of hydrogen-bond donors (Lipinski definition) is 0. The molecule has 1 saturated heterocycles. The summed E-state index contributed by atoms with van der Waals surface area (Å²) in [6.07, 6.45) is 8.74. The minimum absolute atomic E-state index is 0.0445. The van der Waals surface area contributed by atoms with E-state index in [1.54, 1.807) is 6.20 Å². The van der Waals surface area contributed by atoms with Crippen LogP contribution in [-0.2, 0) is 16.0 Å². The van der Waals surface area contributed by atoms with Crippen LogP contribution >= 0.6 is 0 Å². The first kappa shape index (κ1) is 21.7. The predicted octanol–water partition coefficient (Wildman–Crippen LogP) is 3.81. The van der Waals surface area contributed by atoms with Crippen molar-refractivity contribution in [1.29, 1.82) is 0 Å². The monoisotopic (exact) mass is 419 g/mol. The summed E-state index contributed by atoms with van der Waals surface area (Å²) < 4.78 is 5.64. The number of pyridine rings is 1. The zero-order valence-corrected chi connectivity index (χ0v) is 18.5. The number of carbonyl (C=O) groups excluding carboxylic acids is 1. The van der Waals surface area contributed by atoms with E-state index in [0.717, 1.165) is 70.8 Å². The second kappa shape index (κ2) is 10.7. The molecule has 0 bridgehead atoms. The maximum absolute atomic E-state index is 13.5. The highest BCUT2D eigenvalue weighted by Gasteiger charge is 2.31. The van der Waals surface area contributed by atoms with Gasteiger partial charge in [0.05, 0.1) is 19.1 Å². The molecule has 4 rings (SSSR count). The molecule has 2 aliphatic heterocycles. The Labute approximate surface area is 185 Å². The Hall–Kier alpha value is -2.50. The van der Waals surface area contributed by atoms with E-state index >= 15 is 0 Å². The standard InChI is InChI=1S/C26H33N3O2/c1-2-12-29-14-13-28(18-21-7-6-15-31-20-21)19-24(26(29)30)16-22-8-3-4-10-25(22)23-9-5-11-27-17-23/h3-5,7-11,17,24H,2,6,12-16,18-20H2,1H3. The third-order valence-corrected chi connectivity index (χ3v) is 6.18. The van der Waals surface area contributed by atoms with Crippen molar-refractivity contribution < 1.29 is 9.53 Å². The van der Waals surface area contributed by atoms with E-state index in [1.807, 2.05) is 12.3 Å². The number of rotatable bonds is 7. The Morgan fingerprint density at radius 1 is 1.16 bits per heavy atom. The highest BCUT2D eigenvalue weighted by Crippen LogP contribution is 2.27. The lowest BCUT2D eigenvalue weighted by molar-refractivity contribution is -0.134. The Balaban J connectivity index is 1.57. The molecule has 1 atom stereocenters. The third kappa shape index (κ3) is 5.60. The maximum Gasteiger partial charge on any atom is 0.227 e. The van der Waals surface area contributed by atoms with Crippen LogP contribution in [0.2, 0.25) is 0 Å². The molecule has 1 aromatic carbocycles. The molecule has 1 unspecified atom stereocenters. The summed E-state index contributed by atoms with van der Waals surface area (Å²) in [7, 11) is 0. The fraction of sp³-hybridized carbons (Fsp3) is 0.462. The first-order valence-corrected chi connectivity index (χ1v) is 11.5. The highest BCUT2D eigenvalue weighted by atomic mass is 16.5. The number of nitrogens with zero attached hydrogens (tertiary/aromatic N) is 3. The molecule has 0 saturated carbocycles. The van der Waals surface area contributed by atoms with E-state index in [1.165, 1.54) is 16.7 Å². The van der Waals surface area contributed by atoms with Gasteiger partial charge >= 0.3 is 0 Å². The summed E-state index contributed by atoms with van der Waals surface area (Å²) in [5, 5.41) is 0. The summed E-state index contributed by atoms with van der Waals surface area (Å²) in [4.78, 5) is 22.3. The van der Waals surface area contributed by atoms with Crippen molar-refractivity contribution in [3.05, 3.63) is 66.0 Å². The van der Waals surface area contributed by atoms with Gasteiger partial charge in [0.25, 0.3) is 0 Å². The highest BCUT2D eigenvalue weighted by molar-refractivity contribution is 5.80. The fourth-order valence-electron chi connectivity index (χ4n) is 4.67. The summed E-state index contributed by atoms with van der Waals surface area (Å²) in [5.74, 6) is 0.246. The first-order valence-electron chi connectivity index (χ1n) is 11.5.